The van der Waals surface area contributed by atoms with Crippen molar-refractivity contribution in [1.82, 2.24) is 9.78 Å². The minimum atomic E-state index is 0.551. The lowest BCUT2D eigenvalue weighted by molar-refractivity contribution is 0.112. The maximum Gasteiger partial charge on any atom is 0.152 e. The van der Waals surface area contributed by atoms with Crippen molar-refractivity contribution in [3.05, 3.63) is 45.7 Å². The molecule has 0 aliphatic carbocycles. The fourth-order valence-corrected chi connectivity index (χ4v) is 1.70. The number of carbonyl (C=O) groups excluding carboxylic acids is 1. The molecule has 1 aromatic carbocycles. The van der Waals surface area contributed by atoms with E-state index in [1.807, 2.05) is 0 Å². The van der Waals surface area contributed by atoms with Crippen LogP contribution in [0.5, 0.6) is 0 Å². The first kappa shape index (κ1) is 10.4. The zero-order chi connectivity index (χ0) is 10.8. The summed E-state index contributed by atoms with van der Waals surface area (Å²) in [5.41, 5.74) is 1.22. The molecule has 2 aromatic rings. The molecular weight excluding hydrogens is 279 g/mol. The Morgan fingerprint density at radius 1 is 1.47 bits per heavy atom. The van der Waals surface area contributed by atoms with Gasteiger partial charge in [0.05, 0.1) is 16.4 Å². The Morgan fingerprint density at radius 3 is 2.87 bits per heavy atom. The predicted molar refractivity (Wildman–Crippen MR) is 61.7 cm³/mol. The van der Waals surface area contributed by atoms with E-state index in [1.54, 1.807) is 35.3 Å². The van der Waals surface area contributed by atoms with E-state index in [4.69, 9.17) is 11.6 Å². The van der Waals surface area contributed by atoms with Crippen molar-refractivity contribution in [2.45, 2.75) is 0 Å². The maximum atomic E-state index is 10.8. The number of aromatic nitrogens is 2. The lowest BCUT2D eigenvalue weighted by Gasteiger charge is -2.04. The highest BCUT2D eigenvalue weighted by Gasteiger charge is 2.06. The van der Waals surface area contributed by atoms with Crippen molar-refractivity contribution < 1.29 is 4.79 Å². The molecule has 0 amide bonds. The first-order valence-corrected chi connectivity index (χ1v) is 5.33. The second kappa shape index (κ2) is 4.16. The molecule has 0 saturated heterocycles. The van der Waals surface area contributed by atoms with Crippen LogP contribution in [-0.4, -0.2) is 16.1 Å². The van der Waals surface area contributed by atoms with Gasteiger partial charge in [0.1, 0.15) is 0 Å². The predicted octanol–water partition coefficient (Wildman–Crippen LogP) is 3.10. The van der Waals surface area contributed by atoms with E-state index >= 15 is 0 Å². The fraction of sp³-hybridized carbons (Fsp3) is 0. The zero-order valence-corrected chi connectivity index (χ0v) is 9.86. The Bertz CT molecular complexity index is 510. The minimum Gasteiger partial charge on any atom is -0.298 e. The number of hydrogen-bond acceptors (Lipinski definition) is 2. The average molecular weight is 286 g/mol. The van der Waals surface area contributed by atoms with E-state index < -0.39 is 0 Å². The third-order valence-electron chi connectivity index (χ3n) is 1.92. The van der Waals surface area contributed by atoms with Gasteiger partial charge >= 0.3 is 0 Å². The molecule has 0 unspecified atom stereocenters. The highest BCUT2D eigenvalue weighted by atomic mass is 79.9. The number of carbonyl (C=O) groups is 1. The van der Waals surface area contributed by atoms with Gasteiger partial charge in [0.2, 0.25) is 0 Å². The molecule has 2 rings (SSSR count). The summed E-state index contributed by atoms with van der Waals surface area (Å²) in [5.74, 6) is 0. The van der Waals surface area contributed by atoms with E-state index in [9.17, 15) is 4.79 Å². The van der Waals surface area contributed by atoms with E-state index in [2.05, 4.69) is 21.0 Å². The quantitative estimate of drug-likeness (QED) is 0.795. The second-order valence-electron chi connectivity index (χ2n) is 2.92. The monoisotopic (exact) mass is 284 g/mol. The molecule has 0 spiro atoms. The van der Waals surface area contributed by atoms with Crippen molar-refractivity contribution in [3.63, 3.8) is 0 Å². The van der Waals surface area contributed by atoms with E-state index in [-0.39, 0.29) is 0 Å². The first-order chi connectivity index (χ1) is 7.20. The van der Waals surface area contributed by atoms with Crippen LogP contribution in [0.1, 0.15) is 10.4 Å². The molecule has 0 fully saturated rings. The van der Waals surface area contributed by atoms with E-state index in [0.29, 0.717) is 16.3 Å². The number of nitrogens with zero attached hydrogens (tertiary/aromatic N) is 2. The molecule has 0 atom stereocenters. The van der Waals surface area contributed by atoms with Gasteiger partial charge in [-0.3, -0.25) is 4.79 Å². The normalized spacial score (nSPS) is 10.3. The van der Waals surface area contributed by atoms with Crippen LogP contribution in [0, 0.1) is 0 Å². The summed E-state index contributed by atoms with van der Waals surface area (Å²) in [7, 11) is 0. The first-order valence-electron chi connectivity index (χ1n) is 4.16. The van der Waals surface area contributed by atoms with Crippen molar-refractivity contribution in [2.75, 3.05) is 0 Å². The molecule has 1 aromatic heterocycles. The van der Waals surface area contributed by atoms with E-state index in [0.717, 1.165) is 10.8 Å². The van der Waals surface area contributed by atoms with Gasteiger partial charge in [-0.05, 0) is 34.1 Å². The van der Waals surface area contributed by atoms with Gasteiger partial charge < -0.3 is 0 Å². The van der Waals surface area contributed by atoms with Gasteiger partial charge in [0, 0.05) is 16.8 Å². The SMILES string of the molecule is O=Cc1ccc(Cl)cc1-n1cc(Br)cn1. The van der Waals surface area contributed by atoms with Crippen LogP contribution in [0.15, 0.2) is 35.1 Å². The number of rotatable bonds is 2. The van der Waals surface area contributed by atoms with Gasteiger partial charge in [-0.15, -0.1) is 0 Å². The highest BCUT2D eigenvalue weighted by molar-refractivity contribution is 9.10. The minimum absolute atomic E-state index is 0.551. The van der Waals surface area contributed by atoms with Crippen LogP contribution in [0.4, 0.5) is 0 Å². The Kier molecular flexibility index (Phi) is 2.88. The fourth-order valence-electron chi connectivity index (χ4n) is 1.25. The van der Waals surface area contributed by atoms with Crippen molar-refractivity contribution in [2.24, 2.45) is 0 Å². The Balaban J connectivity index is 2.59. The number of halogens is 2. The van der Waals surface area contributed by atoms with Crippen LogP contribution >= 0.6 is 27.5 Å². The topological polar surface area (TPSA) is 34.9 Å². The smallest absolute Gasteiger partial charge is 0.152 e. The molecule has 76 valence electrons. The summed E-state index contributed by atoms with van der Waals surface area (Å²) in [4.78, 5) is 10.8. The standard InChI is InChI=1S/C10H6BrClN2O/c11-8-4-13-14(5-8)10-3-9(12)2-1-7(10)6-15/h1-6H. The molecule has 0 aliphatic rings. The summed E-state index contributed by atoms with van der Waals surface area (Å²) in [6.45, 7) is 0. The Hall–Kier alpha value is -1.13. The summed E-state index contributed by atoms with van der Waals surface area (Å²) in [5, 5.41) is 4.66. The van der Waals surface area contributed by atoms with E-state index in [1.165, 1.54) is 0 Å². The molecule has 0 aliphatic heterocycles. The molecule has 5 heteroatoms. The third-order valence-corrected chi connectivity index (χ3v) is 2.56. The highest BCUT2D eigenvalue weighted by Crippen LogP contribution is 2.19. The molecule has 0 radical (unpaired) electrons. The van der Waals surface area contributed by atoms with Crippen LogP contribution in [0.3, 0.4) is 0 Å². The number of aldehydes is 1. The summed E-state index contributed by atoms with van der Waals surface area (Å²) in [6.07, 6.45) is 4.19. The Labute approximate surface area is 99.8 Å². The van der Waals surface area contributed by atoms with Crippen LogP contribution in [0.2, 0.25) is 5.02 Å². The summed E-state index contributed by atoms with van der Waals surface area (Å²) >= 11 is 9.15. The summed E-state index contributed by atoms with van der Waals surface area (Å²) < 4.78 is 2.44. The van der Waals surface area contributed by atoms with Gasteiger partial charge in [-0.2, -0.15) is 5.10 Å². The molecule has 1 heterocycles. The van der Waals surface area contributed by atoms with Crippen molar-refractivity contribution >= 4 is 33.8 Å². The van der Waals surface area contributed by atoms with Gasteiger partial charge in [0.25, 0.3) is 0 Å². The lowest BCUT2D eigenvalue weighted by Crippen LogP contribution is -1.99. The molecule has 0 saturated carbocycles. The number of hydrogen-bond donors (Lipinski definition) is 0. The Morgan fingerprint density at radius 2 is 2.27 bits per heavy atom. The van der Waals surface area contributed by atoms with Gasteiger partial charge in [0.15, 0.2) is 6.29 Å². The molecule has 0 bridgehead atoms. The maximum absolute atomic E-state index is 10.8. The third kappa shape index (κ3) is 2.11. The van der Waals surface area contributed by atoms with Crippen LogP contribution < -0.4 is 0 Å². The zero-order valence-electron chi connectivity index (χ0n) is 7.52. The largest absolute Gasteiger partial charge is 0.298 e. The van der Waals surface area contributed by atoms with Crippen molar-refractivity contribution in [1.29, 1.82) is 0 Å². The summed E-state index contributed by atoms with van der Waals surface area (Å²) in [6, 6.07) is 5.04. The lowest BCUT2D eigenvalue weighted by atomic mass is 10.2. The van der Waals surface area contributed by atoms with Gasteiger partial charge in [-0.25, -0.2) is 4.68 Å². The molecule has 0 N–H and O–H groups in total. The van der Waals surface area contributed by atoms with Crippen molar-refractivity contribution in [3.8, 4) is 5.69 Å². The van der Waals surface area contributed by atoms with Gasteiger partial charge in [-0.1, -0.05) is 11.6 Å². The molecule has 3 nitrogen and oxygen atoms in total. The number of benzene rings is 1. The van der Waals surface area contributed by atoms with Crippen LogP contribution in [0.25, 0.3) is 5.69 Å². The van der Waals surface area contributed by atoms with Crippen LogP contribution in [-0.2, 0) is 0 Å². The molecular formula is C10H6BrClN2O. The average Bonchev–Trinajstić information content (AvgIpc) is 2.65. The second-order valence-corrected chi connectivity index (χ2v) is 4.28. The molecule has 15 heavy (non-hydrogen) atoms.